The maximum atomic E-state index is 14.0. The van der Waals surface area contributed by atoms with Crippen LogP contribution in [-0.4, -0.2) is 14.8 Å². The quantitative estimate of drug-likeness (QED) is 0.580. The molecule has 140 valence electrons. The molecule has 0 fully saturated rings. The van der Waals surface area contributed by atoms with Crippen LogP contribution in [0.5, 0.6) is 5.88 Å². The van der Waals surface area contributed by atoms with Gasteiger partial charge in [0.25, 0.3) is 5.88 Å². The standard InChI is InChI=1S/C21H16FN3O3/c22-18-11-10-15(16-8-4-5-9-17(16)18)12-25-21(27)23-19(26)20(24-25)28-13-14-6-2-1-3-7-14/h1-11H,12-13H2,(H,23,26,27). The second-order valence-corrected chi connectivity index (χ2v) is 6.25. The van der Waals surface area contributed by atoms with Gasteiger partial charge in [0.1, 0.15) is 12.4 Å². The average molecular weight is 377 g/mol. The monoisotopic (exact) mass is 377 g/mol. The molecular formula is C21H16FN3O3. The highest BCUT2D eigenvalue weighted by Crippen LogP contribution is 2.22. The number of hydrogen-bond acceptors (Lipinski definition) is 4. The zero-order valence-electron chi connectivity index (χ0n) is 14.8. The summed E-state index contributed by atoms with van der Waals surface area (Å²) in [5.74, 6) is -0.539. The predicted molar refractivity (Wildman–Crippen MR) is 103 cm³/mol. The van der Waals surface area contributed by atoms with Crippen LogP contribution in [0, 0.1) is 5.82 Å². The summed E-state index contributed by atoms with van der Waals surface area (Å²) in [5.41, 5.74) is 0.213. The number of aromatic nitrogens is 3. The minimum atomic E-state index is -0.693. The van der Waals surface area contributed by atoms with E-state index in [1.807, 2.05) is 30.3 Å². The Hall–Kier alpha value is -3.74. The van der Waals surface area contributed by atoms with Crippen molar-refractivity contribution in [1.29, 1.82) is 0 Å². The molecule has 7 heteroatoms. The first-order valence-corrected chi connectivity index (χ1v) is 8.66. The van der Waals surface area contributed by atoms with Crippen LogP contribution in [-0.2, 0) is 13.2 Å². The SMILES string of the molecule is O=c1[nH]c(=O)n(Cc2ccc(F)c3ccccc23)nc1OCc1ccccc1. The van der Waals surface area contributed by atoms with Gasteiger partial charge >= 0.3 is 11.2 Å². The Morgan fingerprint density at radius 2 is 1.64 bits per heavy atom. The maximum Gasteiger partial charge on any atom is 0.345 e. The summed E-state index contributed by atoms with van der Waals surface area (Å²) in [7, 11) is 0. The number of hydrogen-bond donors (Lipinski definition) is 1. The number of benzene rings is 3. The third-order valence-corrected chi connectivity index (χ3v) is 4.36. The molecule has 4 aromatic rings. The fourth-order valence-electron chi connectivity index (χ4n) is 2.97. The van der Waals surface area contributed by atoms with E-state index in [-0.39, 0.29) is 24.8 Å². The van der Waals surface area contributed by atoms with Gasteiger partial charge in [0.15, 0.2) is 0 Å². The van der Waals surface area contributed by atoms with E-state index >= 15 is 0 Å². The van der Waals surface area contributed by atoms with E-state index in [0.29, 0.717) is 16.3 Å². The molecule has 0 aliphatic heterocycles. The Balaban J connectivity index is 1.66. The van der Waals surface area contributed by atoms with E-state index in [0.717, 1.165) is 10.2 Å². The van der Waals surface area contributed by atoms with Gasteiger partial charge in [-0.2, -0.15) is 0 Å². The highest BCUT2D eigenvalue weighted by molar-refractivity contribution is 5.86. The number of aromatic amines is 1. The lowest BCUT2D eigenvalue weighted by Crippen LogP contribution is -2.33. The van der Waals surface area contributed by atoms with Crippen LogP contribution in [0.2, 0.25) is 0 Å². The van der Waals surface area contributed by atoms with Crippen molar-refractivity contribution >= 4 is 10.8 Å². The molecule has 0 spiro atoms. The smallest absolute Gasteiger partial charge is 0.345 e. The number of halogens is 1. The Labute approximate surface area is 158 Å². The first kappa shape index (κ1) is 17.7. The zero-order valence-corrected chi connectivity index (χ0v) is 14.8. The number of nitrogens with one attached hydrogen (secondary N) is 1. The van der Waals surface area contributed by atoms with Gasteiger partial charge in [0.05, 0.1) is 6.54 Å². The summed E-state index contributed by atoms with van der Waals surface area (Å²) in [6.07, 6.45) is 0. The molecule has 0 saturated heterocycles. The van der Waals surface area contributed by atoms with E-state index in [1.54, 1.807) is 30.3 Å². The molecule has 3 aromatic carbocycles. The molecule has 0 aliphatic carbocycles. The molecule has 1 heterocycles. The fourth-order valence-corrected chi connectivity index (χ4v) is 2.97. The fraction of sp³-hybridized carbons (Fsp3) is 0.0952. The van der Waals surface area contributed by atoms with Crippen LogP contribution in [0.3, 0.4) is 0 Å². The minimum Gasteiger partial charge on any atom is -0.468 e. The largest absolute Gasteiger partial charge is 0.468 e. The molecule has 1 N–H and O–H groups in total. The number of ether oxygens (including phenoxy) is 1. The van der Waals surface area contributed by atoms with Crippen LogP contribution in [0.1, 0.15) is 11.1 Å². The van der Waals surface area contributed by atoms with Crippen molar-refractivity contribution < 1.29 is 9.13 Å². The summed E-state index contributed by atoms with van der Waals surface area (Å²) in [6, 6.07) is 19.2. The van der Waals surface area contributed by atoms with Crippen LogP contribution in [0.25, 0.3) is 10.8 Å². The van der Waals surface area contributed by atoms with E-state index in [4.69, 9.17) is 4.74 Å². The molecule has 4 rings (SSSR count). The highest BCUT2D eigenvalue weighted by atomic mass is 19.1. The topological polar surface area (TPSA) is 77.0 Å². The number of H-pyrrole nitrogens is 1. The zero-order chi connectivity index (χ0) is 19.5. The summed E-state index contributed by atoms with van der Waals surface area (Å²) >= 11 is 0. The van der Waals surface area contributed by atoms with Crippen LogP contribution < -0.4 is 16.0 Å². The molecule has 0 atom stereocenters. The van der Waals surface area contributed by atoms with Crippen molar-refractivity contribution in [1.82, 2.24) is 14.8 Å². The molecule has 0 bridgehead atoms. The van der Waals surface area contributed by atoms with Gasteiger partial charge in [-0.05, 0) is 22.6 Å². The molecule has 0 unspecified atom stereocenters. The second-order valence-electron chi connectivity index (χ2n) is 6.25. The predicted octanol–water partition coefficient (Wildman–Crippen LogP) is 2.85. The maximum absolute atomic E-state index is 14.0. The van der Waals surface area contributed by atoms with E-state index in [9.17, 15) is 14.0 Å². The van der Waals surface area contributed by atoms with Crippen molar-refractivity contribution in [2.24, 2.45) is 0 Å². The second kappa shape index (κ2) is 7.48. The molecular weight excluding hydrogens is 361 g/mol. The number of rotatable bonds is 5. The van der Waals surface area contributed by atoms with Gasteiger partial charge in [-0.3, -0.25) is 9.78 Å². The van der Waals surface area contributed by atoms with Gasteiger partial charge in [-0.1, -0.05) is 60.7 Å². The van der Waals surface area contributed by atoms with Crippen LogP contribution >= 0.6 is 0 Å². The molecule has 0 amide bonds. The summed E-state index contributed by atoms with van der Waals surface area (Å²) in [4.78, 5) is 26.4. The van der Waals surface area contributed by atoms with Crippen molar-refractivity contribution in [3.8, 4) is 5.88 Å². The molecule has 6 nitrogen and oxygen atoms in total. The van der Waals surface area contributed by atoms with Gasteiger partial charge in [0, 0.05) is 5.39 Å². The third kappa shape index (κ3) is 3.55. The minimum absolute atomic E-state index is 0.0676. The van der Waals surface area contributed by atoms with Crippen molar-refractivity contribution in [3.63, 3.8) is 0 Å². The summed E-state index contributed by atoms with van der Waals surface area (Å²) in [5, 5.41) is 5.19. The van der Waals surface area contributed by atoms with Gasteiger partial charge in [0.2, 0.25) is 0 Å². The highest BCUT2D eigenvalue weighted by Gasteiger charge is 2.11. The van der Waals surface area contributed by atoms with E-state index in [1.165, 1.54) is 6.07 Å². The van der Waals surface area contributed by atoms with Crippen molar-refractivity contribution in [2.45, 2.75) is 13.2 Å². The lowest BCUT2D eigenvalue weighted by molar-refractivity contribution is 0.277. The van der Waals surface area contributed by atoms with Crippen LogP contribution in [0.15, 0.2) is 76.3 Å². The Kier molecular flexibility index (Phi) is 4.72. The van der Waals surface area contributed by atoms with E-state index < -0.39 is 11.2 Å². The molecule has 0 saturated carbocycles. The summed E-state index contributed by atoms with van der Waals surface area (Å²) < 4.78 is 20.6. The Morgan fingerprint density at radius 1 is 0.929 bits per heavy atom. The third-order valence-electron chi connectivity index (χ3n) is 4.36. The van der Waals surface area contributed by atoms with Crippen molar-refractivity contribution in [2.75, 3.05) is 0 Å². The number of nitrogens with zero attached hydrogens (tertiary/aromatic N) is 2. The molecule has 28 heavy (non-hydrogen) atoms. The lowest BCUT2D eigenvalue weighted by atomic mass is 10.0. The normalized spacial score (nSPS) is 10.9. The van der Waals surface area contributed by atoms with Gasteiger partial charge < -0.3 is 4.74 Å². The lowest BCUT2D eigenvalue weighted by Gasteiger charge is -2.10. The van der Waals surface area contributed by atoms with Crippen LogP contribution in [0.4, 0.5) is 4.39 Å². The van der Waals surface area contributed by atoms with E-state index in [2.05, 4.69) is 10.1 Å². The first-order valence-electron chi connectivity index (χ1n) is 8.66. The van der Waals surface area contributed by atoms with Crippen molar-refractivity contribution in [3.05, 3.63) is 105 Å². The Morgan fingerprint density at radius 3 is 2.43 bits per heavy atom. The number of fused-ring (bicyclic) bond motifs is 1. The molecule has 0 aliphatic rings. The molecule has 1 aromatic heterocycles. The Bertz CT molecular complexity index is 1250. The van der Waals surface area contributed by atoms with Gasteiger partial charge in [-0.15, -0.1) is 5.10 Å². The van der Waals surface area contributed by atoms with Gasteiger partial charge in [-0.25, -0.2) is 13.9 Å². The average Bonchev–Trinajstić information content (AvgIpc) is 2.72. The summed E-state index contributed by atoms with van der Waals surface area (Å²) in [6.45, 7) is 0.215. The first-order chi connectivity index (χ1) is 13.6. The molecule has 0 radical (unpaired) electrons.